The zero-order valence-electron chi connectivity index (χ0n) is 15.5. The van der Waals surface area contributed by atoms with Crippen LogP contribution in [0.4, 0.5) is 10.5 Å². The molecule has 144 valence electrons. The molecule has 0 bridgehead atoms. The summed E-state index contributed by atoms with van der Waals surface area (Å²) < 4.78 is 0. The van der Waals surface area contributed by atoms with Crippen LogP contribution in [0.3, 0.4) is 0 Å². The van der Waals surface area contributed by atoms with Crippen LogP contribution in [0.1, 0.15) is 20.8 Å². The predicted molar refractivity (Wildman–Crippen MR) is 106 cm³/mol. The SMILES string of the molecule is CCN(CC)C(=O)N1CCN([C@H](C)C(=O)Nc2ccc(Cl)cc2Cl)CC1. The molecule has 0 aliphatic carbocycles. The van der Waals surface area contributed by atoms with Gasteiger partial charge in [0.2, 0.25) is 5.91 Å². The molecule has 1 aliphatic rings. The molecule has 1 N–H and O–H groups in total. The number of piperazine rings is 1. The molecule has 1 heterocycles. The van der Waals surface area contributed by atoms with E-state index in [1.165, 1.54) is 0 Å². The monoisotopic (exact) mass is 400 g/mol. The maximum Gasteiger partial charge on any atom is 0.320 e. The quantitative estimate of drug-likeness (QED) is 0.823. The fourth-order valence-corrected chi connectivity index (χ4v) is 3.44. The summed E-state index contributed by atoms with van der Waals surface area (Å²) in [6, 6.07) is 4.73. The highest BCUT2D eigenvalue weighted by Crippen LogP contribution is 2.25. The number of hydrogen-bond acceptors (Lipinski definition) is 3. The van der Waals surface area contributed by atoms with Gasteiger partial charge in [-0.05, 0) is 39.0 Å². The summed E-state index contributed by atoms with van der Waals surface area (Å²) in [4.78, 5) is 30.7. The van der Waals surface area contributed by atoms with E-state index >= 15 is 0 Å². The van der Waals surface area contributed by atoms with E-state index in [4.69, 9.17) is 23.2 Å². The number of carbonyl (C=O) groups is 2. The first-order chi connectivity index (χ1) is 12.4. The zero-order valence-corrected chi connectivity index (χ0v) is 17.0. The molecule has 0 saturated carbocycles. The molecule has 6 nitrogen and oxygen atoms in total. The van der Waals surface area contributed by atoms with Gasteiger partial charge in [-0.1, -0.05) is 23.2 Å². The lowest BCUT2D eigenvalue weighted by molar-refractivity contribution is -0.121. The number of halogens is 2. The third kappa shape index (κ3) is 5.02. The van der Waals surface area contributed by atoms with Crippen LogP contribution in [0.15, 0.2) is 18.2 Å². The Labute approximate surface area is 165 Å². The molecule has 0 radical (unpaired) electrons. The van der Waals surface area contributed by atoms with Crippen molar-refractivity contribution in [2.75, 3.05) is 44.6 Å². The Hall–Kier alpha value is -1.50. The largest absolute Gasteiger partial charge is 0.325 e. The number of hydrogen-bond donors (Lipinski definition) is 1. The van der Waals surface area contributed by atoms with Gasteiger partial charge < -0.3 is 15.1 Å². The molecule has 3 amide bonds. The van der Waals surface area contributed by atoms with Crippen molar-refractivity contribution in [1.82, 2.24) is 14.7 Å². The molecule has 1 saturated heterocycles. The summed E-state index contributed by atoms with van der Waals surface area (Å²) in [7, 11) is 0. The fraction of sp³-hybridized carbons (Fsp3) is 0.556. The van der Waals surface area contributed by atoms with Crippen molar-refractivity contribution in [2.24, 2.45) is 0 Å². The standard InChI is InChI=1S/C18H26Cl2N4O2/c1-4-22(5-2)18(26)24-10-8-23(9-11-24)13(3)17(25)21-16-7-6-14(19)12-15(16)20/h6-7,12-13H,4-5,8-11H2,1-3H3,(H,21,25)/t13-/m1/s1. The molecular weight excluding hydrogens is 375 g/mol. The highest BCUT2D eigenvalue weighted by atomic mass is 35.5. The first-order valence-corrected chi connectivity index (χ1v) is 9.66. The lowest BCUT2D eigenvalue weighted by Gasteiger charge is -2.39. The van der Waals surface area contributed by atoms with Gasteiger partial charge in [-0.15, -0.1) is 0 Å². The van der Waals surface area contributed by atoms with Crippen molar-refractivity contribution in [3.63, 3.8) is 0 Å². The van der Waals surface area contributed by atoms with E-state index in [0.717, 1.165) is 0 Å². The van der Waals surface area contributed by atoms with Crippen molar-refractivity contribution >= 4 is 40.8 Å². The Morgan fingerprint density at radius 1 is 1.15 bits per heavy atom. The Bertz CT molecular complexity index is 644. The zero-order chi connectivity index (χ0) is 19.3. The number of carbonyl (C=O) groups excluding carboxylic acids is 2. The van der Waals surface area contributed by atoms with Crippen molar-refractivity contribution in [3.8, 4) is 0 Å². The van der Waals surface area contributed by atoms with E-state index in [2.05, 4.69) is 10.2 Å². The minimum atomic E-state index is -0.313. The van der Waals surface area contributed by atoms with Crippen LogP contribution in [0.25, 0.3) is 0 Å². The van der Waals surface area contributed by atoms with Crippen molar-refractivity contribution < 1.29 is 9.59 Å². The molecule has 26 heavy (non-hydrogen) atoms. The van der Waals surface area contributed by atoms with E-state index in [9.17, 15) is 9.59 Å². The van der Waals surface area contributed by atoms with E-state index in [1.807, 2.05) is 30.6 Å². The number of urea groups is 1. The lowest BCUT2D eigenvalue weighted by Crippen LogP contribution is -2.56. The van der Waals surface area contributed by atoms with Gasteiger partial charge in [0.15, 0.2) is 0 Å². The van der Waals surface area contributed by atoms with Crippen molar-refractivity contribution in [3.05, 3.63) is 28.2 Å². The number of nitrogens with one attached hydrogen (secondary N) is 1. The molecule has 1 fully saturated rings. The Balaban J connectivity index is 1.90. The van der Waals surface area contributed by atoms with Crippen LogP contribution < -0.4 is 5.32 Å². The van der Waals surface area contributed by atoms with Gasteiger partial charge in [-0.2, -0.15) is 0 Å². The van der Waals surface area contributed by atoms with E-state index < -0.39 is 0 Å². The first kappa shape index (κ1) is 20.8. The maximum absolute atomic E-state index is 12.5. The summed E-state index contributed by atoms with van der Waals surface area (Å²) in [5.41, 5.74) is 0.545. The Morgan fingerprint density at radius 2 is 1.77 bits per heavy atom. The van der Waals surface area contributed by atoms with Crippen molar-refractivity contribution in [2.45, 2.75) is 26.8 Å². The van der Waals surface area contributed by atoms with Gasteiger partial charge >= 0.3 is 6.03 Å². The van der Waals surface area contributed by atoms with E-state index in [0.29, 0.717) is 55.0 Å². The second-order valence-corrected chi connectivity index (χ2v) is 7.11. The molecule has 1 aliphatic heterocycles. The maximum atomic E-state index is 12.5. The van der Waals surface area contributed by atoms with Crippen LogP contribution in [-0.2, 0) is 4.79 Å². The van der Waals surface area contributed by atoms with Gasteiger partial charge in [-0.25, -0.2) is 4.79 Å². The number of anilines is 1. The van der Waals surface area contributed by atoms with Crippen LogP contribution in [0.2, 0.25) is 10.0 Å². The smallest absolute Gasteiger partial charge is 0.320 e. The molecule has 2 rings (SSSR count). The van der Waals surface area contributed by atoms with Crippen LogP contribution >= 0.6 is 23.2 Å². The van der Waals surface area contributed by atoms with E-state index in [-0.39, 0.29) is 18.0 Å². The Morgan fingerprint density at radius 3 is 2.31 bits per heavy atom. The molecule has 0 aromatic heterocycles. The van der Waals surface area contributed by atoms with Crippen molar-refractivity contribution in [1.29, 1.82) is 0 Å². The molecule has 0 spiro atoms. The summed E-state index contributed by atoms with van der Waals surface area (Å²) in [6.45, 7) is 9.79. The summed E-state index contributed by atoms with van der Waals surface area (Å²) in [5.74, 6) is -0.127. The molecule has 8 heteroatoms. The van der Waals surface area contributed by atoms with Crippen LogP contribution in [0.5, 0.6) is 0 Å². The lowest BCUT2D eigenvalue weighted by atomic mass is 10.2. The fourth-order valence-electron chi connectivity index (χ4n) is 2.99. The summed E-state index contributed by atoms with van der Waals surface area (Å²) in [6.07, 6.45) is 0. The molecule has 1 aromatic carbocycles. The van der Waals surface area contributed by atoms with Gasteiger partial charge in [0.1, 0.15) is 0 Å². The third-order valence-electron chi connectivity index (χ3n) is 4.73. The normalized spacial score (nSPS) is 16.3. The average Bonchev–Trinajstić information content (AvgIpc) is 2.64. The number of amides is 3. The minimum Gasteiger partial charge on any atom is -0.325 e. The highest BCUT2D eigenvalue weighted by molar-refractivity contribution is 6.36. The highest BCUT2D eigenvalue weighted by Gasteiger charge is 2.29. The molecular formula is C18H26Cl2N4O2. The van der Waals surface area contributed by atoms with Crippen LogP contribution in [0, 0.1) is 0 Å². The summed E-state index contributed by atoms with van der Waals surface area (Å²) in [5, 5.41) is 3.78. The average molecular weight is 401 g/mol. The number of rotatable bonds is 5. The molecule has 1 aromatic rings. The second kappa shape index (κ2) is 9.44. The van der Waals surface area contributed by atoms with Gasteiger partial charge in [0.25, 0.3) is 0 Å². The summed E-state index contributed by atoms with van der Waals surface area (Å²) >= 11 is 12.0. The number of benzene rings is 1. The minimum absolute atomic E-state index is 0.0692. The van der Waals surface area contributed by atoms with Crippen LogP contribution in [-0.4, -0.2) is 71.9 Å². The predicted octanol–water partition coefficient (Wildman–Crippen LogP) is 3.40. The molecule has 0 unspecified atom stereocenters. The number of nitrogens with zero attached hydrogens (tertiary/aromatic N) is 3. The first-order valence-electron chi connectivity index (χ1n) is 8.91. The van der Waals surface area contributed by atoms with Gasteiger partial charge in [-0.3, -0.25) is 9.69 Å². The third-order valence-corrected chi connectivity index (χ3v) is 5.28. The van der Waals surface area contributed by atoms with Gasteiger partial charge in [0, 0.05) is 44.3 Å². The van der Waals surface area contributed by atoms with E-state index in [1.54, 1.807) is 18.2 Å². The topological polar surface area (TPSA) is 55.9 Å². The molecule has 1 atom stereocenters. The second-order valence-electron chi connectivity index (χ2n) is 6.27. The van der Waals surface area contributed by atoms with Gasteiger partial charge in [0.05, 0.1) is 16.8 Å². The Kier molecular flexibility index (Phi) is 7.55.